The molecule has 0 aromatic heterocycles. The summed E-state index contributed by atoms with van der Waals surface area (Å²) in [6.45, 7) is 6.75. The van der Waals surface area contributed by atoms with Gasteiger partial charge in [-0.3, -0.25) is 9.59 Å². The Labute approximate surface area is 101 Å². The van der Waals surface area contributed by atoms with Crippen molar-refractivity contribution in [1.82, 2.24) is 10.2 Å². The van der Waals surface area contributed by atoms with E-state index in [0.717, 1.165) is 5.75 Å². The van der Waals surface area contributed by atoms with Crippen LogP contribution in [-0.2, 0) is 9.59 Å². The molecule has 1 rings (SSSR count). The van der Waals surface area contributed by atoms with Crippen molar-refractivity contribution >= 4 is 23.6 Å². The topological polar surface area (TPSA) is 49.4 Å². The van der Waals surface area contributed by atoms with Crippen LogP contribution < -0.4 is 5.32 Å². The fraction of sp³-hybridized carbons (Fsp3) is 0.818. The number of thioether (sulfide) groups is 1. The lowest BCUT2D eigenvalue weighted by Crippen LogP contribution is -2.62. The van der Waals surface area contributed by atoms with Gasteiger partial charge in [-0.25, -0.2) is 0 Å². The molecular formula is C11H20N2O2S. The lowest BCUT2D eigenvalue weighted by atomic mass is 9.85. The summed E-state index contributed by atoms with van der Waals surface area (Å²) in [5.74, 6) is 0.859. The van der Waals surface area contributed by atoms with Crippen molar-refractivity contribution < 1.29 is 9.59 Å². The number of hydrogen-bond acceptors (Lipinski definition) is 3. The van der Waals surface area contributed by atoms with Crippen molar-refractivity contribution in [3.05, 3.63) is 0 Å². The molecule has 1 fully saturated rings. The predicted octanol–water partition coefficient (Wildman–Crippen LogP) is 0.722. The van der Waals surface area contributed by atoms with Gasteiger partial charge in [-0.05, 0) is 11.7 Å². The fourth-order valence-corrected chi connectivity index (χ4v) is 2.08. The van der Waals surface area contributed by atoms with E-state index in [1.54, 1.807) is 16.7 Å². The van der Waals surface area contributed by atoms with E-state index in [2.05, 4.69) is 5.32 Å². The number of carbonyl (C=O) groups is 2. The molecule has 1 aliphatic heterocycles. The normalized spacial score (nSPS) is 22.2. The van der Waals surface area contributed by atoms with Crippen molar-refractivity contribution in [1.29, 1.82) is 0 Å². The number of piperazine rings is 1. The third kappa shape index (κ3) is 3.14. The quantitative estimate of drug-likeness (QED) is 0.796. The van der Waals surface area contributed by atoms with Crippen molar-refractivity contribution in [2.75, 3.05) is 25.1 Å². The zero-order valence-electron chi connectivity index (χ0n) is 10.4. The second-order valence-corrected chi connectivity index (χ2v) is 6.10. The Kier molecular flexibility index (Phi) is 4.24. The largest absolute Gasteiger partial charge is 0.342 e. The molecule has 0 aliphatic carbocycles. The molecule has 1 saturated heterocycles. The van der Waals surface area contributed by atoms with Gasteiger partial charge in [0.1, 0.15) is 6.04 Å². The highest BCUT2D eigenvalue weighted by Gasteiger charge is 2.39. The van der Waals surface area contributed by atoms with E-state index < -0.39 is 6.04 Å². The molecule has 0 bridgehead atoms. The van der Waals surface area contributed by atoms with Crippen LogP contribution in [0.25, 0.3) is 0 Å². The molecule has 16 heavy (non-hydrogen) atoms. The summed E-state index contributed by atoms with van der Waals surface area (Å²) in [4.78, 5) is 25.3. The molecule has 0 radical (unpaired) electrons. The highest BCUT2D eigenvalue weighted by Crippen LogP contribution is 2.23. The van der Waals surface area contributed by atoms with Gasteiger partial charge in [-0.15, -0.1) is 0 Å². The van der Waals surface area contributed by atoms with E-state index in [1.165, 1.54) is 0 Å². The summed E-state index contributed by atoms with van der Waals surface area (Å²) in [7, 11) is 0. The molecule has 4 nitrogen and oxygen atoms in total. The Morgan fingerprint density at radius 3 is 2.56 bits per heavy atom. The first-order valence-electron chi connectivity index (χ1n) is 5.43. The number of nitrogens with one attached hydrogen (secondary N) is 1. The zero-order chi connectivity index (χ0) is 12.3. The SMILES string of the molecule is CSCCN1CC(=O)NC(C(C)(C)C)C1=O. The summed E-state index contributed by atoms with van der Waals surface area (Å²) < 4.78 is 0. The van der Waals surface area contributed by atoms with Gasteiger partial charge < -0.3 is 10.2 Å². The number of amides is 2. The molecule has 1 N–H and O–H groups in total. The number of carbonyl (C=O) groups excluding carboxylic acids is 2. The minimum absolute atomic E-state index is 0.0427. The molecule has 0 spiro atoms. The average Bonchev–Trinajstić information content (AvgIpc) is 2.17. The van der Waals surface area contributed by atoms with Crippen LogP contribution in [0.1, 0.15) is 20.8 Å². The fourth-order valence-electron chi connectivity index (χ4n) is 1.68. The Bertz CT molecular complexity index is 286. The average molecular weight is 244 g/mol. The van der Waals surface area contributed by atoms with E-state index in [1.807, 2.05) is 27.0 Å². The maximum atomic E-state index is 12.1. The van der Waals surface area contributed by atoms with Gasteiger partial charge in [0.2, 0.25) is 11.8 Å². The standard InChI is InChI=1S/C11H20N2O2S/c1-11(2,3)9-10(15)13(5-6-16-4)7-8(14)12-9/h9H,5-7H2,1-4H3,(H,12,14). The third-order valence-corrected chi connectivity index (χ3v) is 3.22. The Morgan fingerprint density at radius 1 is 1.44 bits per heavy atom. The van der Waals surface area contributed by atoms with Crippen molar-refractivity contribution in [3.63, 3.8) is 0 Å². The van der Waals surface area contributed by atoms with E-state index in [9.17, 15) is 9.59 Å². The summed E-state index contributed by atoms with van der Waals surface area (Å²) in [5.41, 5.74) is -0.231. The molecule has 1 unspecified atom stereocenters. The first kappa shape index (κ1) is 13.4. The summed E-state index contributed by atoms with van der Waals surface area (Å²) in [6, 6.07) is -0.393. The van der Waals surface area contributed by atoms with Crippen LogP contribution in [-0.4, -0.2) is 47.9 Å². The maximum Gasteiger partial charge on any atom is 0.246 e. The van der Waals surface area contributed by atoms with Crippen LogP contribution in [0, 0.1) is 5.41 Å². The van der Waals surface area contributed by atoms with Crippen LogP contribution >= 0.6 is 11.8 Å². The summed E-state index contributed by atoms with van der Waals surface area (Å²) in [5, 5.41) is 2.78. The van der Waals surface area contributed by atoms with Gasteiger partial charge in [0, 0.05) is 12.3 Å². The van der Waals surface area contributed by atoms with Gasteiger partial charge in [0.05, 0.1) is 6.54 Å². The maximum absolute atomic E-state index is 12.1. The van der Waals surface area contributed by atoms with Crippen molar-refractivity contribution in [3.8, 4) is 0 Å². The molecule has 0 aromatic rings. The Balaban J connectivity index is 2.74. The van der Waals surface area contributed by atoms with E-state index in [4.69, 9.17) is 0 Å². The van der Waals surface area contributed by atoms with E-state index >= 15 is 0 Å². The molecule has 0 saturated carbocycles. The van der Waals surface area contributed by atoms with Crippen LogP contribution in [0.2, 0.25) is 0 Å². The highest BCUT2D eigenvalue weighted by atomic mass is 32.2. The van der Waals surface area contributed by atoms with Crippen LogP contribution in [0.15, 0.2) is 0 Å². The van der Waals surface area contributed by atoms with Crippen LogP contribution in [0.5, 0.6) is 0 Å². The van der Waals surface area contributed by atoms with E-state index in [-0.39, 0.29) is 23.8 Å². The second kappa shape index (κ2) is 5.08. The van der Waals surface area contributed by atoms with Crippen LogP contribution in [0.3, 0.4) is 0 Å². The van der Waals surface area contributed by atoms with Gasteiger partial charge in [-0.2, -0.15) is 11.8 Å². The first-order chi connectivity index (χ1) is 7.36. The predicted molar refractivity (Wildman–Crippen MR) is 66.3 cm³/mol. The van der Waals surface area contributed by atoms with Gasteiger partial charge >= 0.3 is 0 Å². The van der Waals surface area contributed by atoms with Crippen LogP contribution in [0.4, 0.5) is 0 Å². The number of rotatable bonds is 3. The Morgan fingerprint density at radius 2 is 2.06 bits per heavy atom. The summed E-state index contributed by atoms with van der Waals surface area (Å²) >= 11 is 1.68. The van der Waals surface area contributed by atoms with Crippen molar-refractivity contribution in [2.24, 2.45) is 5.41 Å². The number of hydrogen-bond donors (Lipinski definition) is 1. The van der Waals surface area contributed by atoms with E-state index in [0.29, 0.717) is 6.54 Å². The second-order valence-electron chi connectivity index (χ2n) is 5.12. The first-order valence-corrected chi connectivity index (χ1v) is 6.82. The monoisotopic (exact) mass is 244 g/mol. The molecule has 1 atom stereocenters. The lowest BCUT2D eigenvalue weighted by Gasteiger charge is -2.38. The molecular weight excluding hydrogens is 224 g/mol. The molecule has 2 amide bonds. The minimum atomic E-state index is -0.393. The third-order valence-electron chi connectivity index (χ3n) is 2.63. The minimum Gasteiger partial charge on any atom is -0.342 e. The van der Waals surface area contributed by atoms with Gasteiger partial charge in [-0.1, -0.05) is 20.8 Å². The van der Waals surface area contributed by atoms with Crippen molar-refractivity contribution in [2.45, 2.75) is 26.8 Å². The van der Waals surface area contributed by atoms with Gasteiger partial charge in [0.15, 0.2) is 0 Å². The Hall–Kier alpha value is -0.710. The summed E-state index contributed by atoms with van der Waals surface area (Å²) in [6.07, 6.45) is 2.00. The highest BCUT2D eigenvalue weighted by molar-refractivity contribution is 7.98. The molecule has 5 heteroatoms. The molecule has 0 aromatic carbocycles. The molecule has 1 aliphatic rings. The van der Waals surface area contributed by atoms with Gasteiger partial charge in [0.25, 0.3) is 0 Å². The lowest BCUT2D eigenvalue weighted by molar-refractivity contribution is -0.147. The molecule has 92 valence electrons. The number of nitrogens with zero attached hydrogens (tertiary/aromatic N) is 1. The smallest absolute Gasteiger partial charge is 0.246 e. The zero-order valence-corrected chi connectivity index (χ0v) is 11.2. The molecule has 1 heterocycles.